The van der Waals surface area contributed by atoms with Crippen LogP contribution in [0.15, 0.2) is 41.1 Å². The summed E-state index contributed by atoms with van der Waals surface area (Å²) in [6, 6.07) is 9.77. The molecule has 0 saturated heterocycles. The second-order valence-electron chi connectivity index (χ2n) is 2.16. The maximum atomic E-state index is 5.05. The lowest BCUT2D eigenvalue weighted by Crippen LogP contribution is -1.70. The quantitative estimate of drug-likeness (QED) is 0.612. The largest absolute Gasteiger partial charge is 0.443 e. The van der Waals surface area contributed by atoms with Crippen LogP contribution in [0.3, 0.4) is 0 Å². The Morgan fingerprint density at radius 2 is 2.00 bits per heavy atom. The van der Waals surface area contributed by atoms with Crippen molar-refractivity contribution in [1.29, 1.82) is 0 Å². The smallest absolute Gasteiger partial charge is 0.182 e. The average molecular weight is 144 g/mol. The van der Waals surface area contributed by atoms with E-state index in [1.165, 1.54) is 6.39 Å². The molecule has 1 heterocycles. The van der Waals surface area contributed by atoms with E-state index in [-0.39, 0.29) is 0 Å². The molecule has 0 aliphatic rings. The second kappa shape index (κ2) is 2.58. The molecule has 1 aromatic carbocycles. The average Bonchev–Trinajstić information content (AvgIpc) is 2.58. The molecule has 0 spiro atoms. The summed E-state index contributed by atoms with van der Waals surface area (Å²) < 4.78 is 5.05. The zero-order chi connectivity index (χ0) is 7.52. The van der Waals surface area contributed by atoms with Crippen LogP contribution < -0.4 is 0 Å². The highest BCUT2D eigenvalue weighted by atomic mass is 16.3. The Morgan fingerprint density at radius 3 is 2.64 bits per heavy atom. The molecule has 0 aliphatic heterocycles. The molecule has 0 fully saturated rings. The van der Waals surface area contributed by atoms with Crippen molar-refractivity contribution < 1.29 is 4.42 Å². The summed E-state index contributed by atoms with van der Waals surface area (Å²) in [5.74, 6) is 0.686. The maximum absolute atomic E-state index is 5.05. The first-order valence-corrected chi connectivity index (χ1v) is 3.33. The Bertz CT molecular complexity index is 313. The second-order valence-corrected chi connectivity index (χ2v) is 2.16. The maximum Gasteiger partial charge on any atom is 0.182 e. The van der Waals surface area contributed by atoms with Crippen LogP contribution >= 0.6 is 0 Å². The van der Waals surface area contributed by atoms with Gasteiger partial charge >= 0.3 is 0 Å². The van der Waals surface area contributed by atoms with Gasteiger partial charge in [-0.2, -0.15) is 0 Å². The molecular formula is C9H6NO. The zero-order valence-electron chi connectivity index (χ0n) is 5.82. The number of hydrogen-bond donors (Lipinski definition) is 0. The normalized spacial score (nSPS) is 9.82. The third kappa shape index (κ3) is 1.15. The van der Waals surface area contributed by atoms with Gasteiger partial charge in [0, 0.05) is 5.56 Å². The highest BCUT2D eigenvalue weighted by molar-refractivity contribution is 5.54. The van der Waals surface area contributed by atoms with Gasteiger partial charge in [-0.05, 0) is 0 Å². The molecule has 11 heavy (non-hydrogen) atoms. The van der Waals surface area contributed by atoms with E-state index in [4.69, 9.17) is 4.42 Å². The summed E-state index contributed by atoms with van der Waals surface area (Å²) in [6.07, 6.45) is 4.11. The molecular weight excluding hydrogens is 138 g/mol. The van der Waals surface area contributed by atoms with Crippen molar-refractivity contribution in [3.63, 3.8) is 0 Å². The van der Waals surface area contributed by atoms with Crippen molar-refractivity contribution in [3.05, 3.63) is 42.9 Å². The molecule has 2 aromatic rings. The molecule has 0 aliphatic carbocycles. The first-order valence-electron chi connectivity index (χ1n) is 3.33. The van der Waals surface area contributed by atoms with E-state index >= 15 is 0 Å². The number of oxazole rings is 1. The van der Waals surface area contributed by atoms with Gasteiger partial charge in [0.15, 0.2) is 12.2 Å². The van der Waals surface area contributed by atoms with Gasteiger partial charge in [0.1, 0.15) is 6.20 Å². The molecule has 1 aromatic heterocycles. The lowest BCUT2D eigenvalue weighted by atomic mass is 10.2. The summed E-state index contributed by atoms with van der Waals surface area (Å²) in [4.78, 5) is 3.71. The van der Waals surface area contributed by atoms with Gasteiger partial charge in [0.25, 0.3) is 0 Å². The van der Waals surface area contributed by atoms with Crippen LogP contribution in [0.25, 0.3) is 11.3 Å². The van der Waals surface area contributed by atoms with Gasteiger partial charge in [0.2, 0.25) is 0 Å². The highest BCUT2D eigenvalue weighted by Gasteiger charge is 1.98. The van der Waals surface area contributed by atoms with Crippen molar-refractivity contribution >= 4 is 0 Å². The van der Waals surface area contributed by atoms with E-state index < -0.39 is 0 Å². The molecule has 2 nitrogen and oxygen atoms in total. The van der Waals surface area contributed by atoms with E-state index in [1.807, 2.05) is 30.3 Å². The van der Waals surface area contributed by atoms with Gasteiger partial charge in [-0.3, -0.25) is 0 Å². The Labute approximate surface area is 64.5 Å². The molecule has 0 saturated carbocycles. The first-order chi connectivity index (χ1) is 5.47. The van der Waals surface area contributed by atoms with E-state index in [0.29, 0.717) is 5.76 Å². The Hall–Kier alpha value is -1.57. The lowest BCUT2D eigenvalue weighted by molar-refractivity contribution is 0.572. The molecule has 0 bridgehead atoms. The van der Waals surface area contributed by atoms with Crippen molar-refractivity contribution in [2.24, 2.45) is 0 Å². The number of hydrogen-bond acceptors (Lipinski definition) is 2. The number of nitrogens with zero attached hydrogens (tertiary/aromatic N) is 1. The van der Waals surface area contributed by atoms with Crippen LogP contribution in [0, 0.1) is 6.20 Å². The fourth-order valence-corrected chi connectivity index (χ4v) is 0.913. The van der Waals surface area contributed by atoms with Gasteiger partial charge in [-0.1, -0.05) is 30.3 Å². The zero-order valence-corrected chi connectivity index (χ0v) is 5.82. The van der Waals surface area contributed by atoms with Gasteiger partial charge in [0.05, 0.1) is 0 Å². The highest BCUT2D eigenvalue weighted by Crippen LogP contribution is 2.16. The predicted octanol–water partition coefficient (Wildman–Crippen LogP) is 2.14. The summed E-state index contributed by atoms with van der Waals surface area (Å²) in [5.41, 5.74) is 1.00. The molecule has 0 atom stereocenters. The molecule has 1 radical (unpaired) electrons. The number of aromatic nitrogens is 1. The van der Waals surface area contributed by atoms with E-state index in [2.05, 4.69) is 11.2 Å². The van der Waals surface area contributed by atoms with Crippen LogP contribution in [0.1, 0.15) is 0 Å². The molecule has 2 heteroatoms. The SMILES string of the molecule is [c]1ncoc1-c1ccccc1. The summed E-state index contributed by atoms with van der Waals surface area (Å²) in [5, 5.41) is 0. The van der Waals surface area contributed by atoms with Crippen LogP contribution in [0.4, 0.5) is 0 Å². The van der Waals surface area contributed by atoms with E-state index in [0.717, 1.165) is 5.56 Å². The Balaban J connectivity index is 2.46. The third-order valence-electron chi connectivity index (χ3n) is 1.43. The summed E-state index contributed by atoms with van der Waals surface area (Å²) in [6.45, 7) is 0. The molecule has 53 valence electrons. The standard InChI is InChI=1S/C9H6NO/c1-2-4-8(5-3-1)9-6-10-7-11-9/h1-5,7H. The summed E-state index contributed by atoms with van der Waals surface area (Å²) >= 11 is 0. The minimum Gasteiger partial charge on any atom is -0.443 e. The molecule has 2 rings (SSSR count). The Kier molecular flexibility index (Phi) is 1.44. The van der Waals surface area contributed by atoms with Crippen molar-refractivity contribution in [2.75, 3.05) is 0 Å². The van der Waals surface area contributed by atoms with E-state index in [1.54, 1.807) is 0 Å². The topological polar surface area (TPSA) is 26.0 Å². The minimum atomic E-state index is 0.686. The molecule has 0 N–H and O–H groups in total. The van der Waals surface area contributed by atoms with Crippen molar-refractivity contribution in [1.82, 2.24) is 4.98 Å². The van der Waals surface area contributed by atoms with Crippen LogP contribution in [-0.4, -0.2) is 4.98 Å². The predicted molar refractivity (Wildman–Crippen MR) is 40.8 cm³/mol. The van der Waals surface area contributed by atoms with Gasteiger partial charge in [-0.15, -0.1) is 0 Å². The fourth-order valence-electron chi connectivity index (χ4n) is 0.913. The van der Waals surface area contributed by atoms with Crippen molar-refractivity contribution in [2.45, 2.75) is 0 Å². The molecule has 0 unspecified atom stereocenters. The van der Waals surface area contributed by atoms with Crippen LogP contribution in [0.2, 0.25) is 0 Å². The van der Waals surface area contributed by atoms with Crippen LogP contribution in [0.5, 0.6) is 0 Å². The number of benzene rings is 1. The number of rotatable bonds is 1. The minimum absolute atomic E-state index is 0.686. The molecule has 0 amide bonds. The third-order valence-corrected chi connectivity index (χ3v) is 1.43. The Morgan fingerprint density at radius 1 is 1.18 bits per heavy atom. The van der Waals surface area contributed by atoms with E-state index in [9.17, 15) is 0 Å². The first kappa shape index (κ1) is 6.16. The monoisotopic (exact) mass is 144 g/mol. The van der Waals surface area contributed by atoms with Crippen molar-refractivity contribution in [3.8, 4) is 11.3 Å². The van der Waals surface area contributed by atoms with Gasteiger partial charge < -0.3 is 4.42 Å². The lowest BCUT2D eigenvalue weighted by Gasteiger charge is -1.91. The van der Waals surface area contributed by atoms with Gasteiger partial charge in [-0.25, -0.2) is 4.98 Å². The fraction of sp³-hybridized carbons (Fsp3) is 0. The summed E-state index contributed by atoms with van der Waals surface area (Å²) in [7, 11) is 0. The van der Waals surface area contributed by atoms with Crippen LogP contribution in [-0.2, 0) is 0 Å².